The molecule has 0 spiro atoms. The second kappa shape index (κ2) is 4.85. The molecule has 2 aromatic rings. The molecule has 0 fully saturated rings. The van der Waals surface area contributed by atoms with Crippen molar-refractivity contribution in [2.24, 2.45) is 0 Å². The Morgan fingerprint density at radius 3 is 2.10 bits per heavy atom. The van der Waals surface area contributed by atoms with Crippen LogP contribution in [-0.4, -0.2) is 31.8 Å². The van der Waals surface area contributed by atoms with Crippen LogP contribution in [0.1, 0.15) is 43.8 Å². The summed E-state index contributed by atoms with van der Waals surface area (Å²) >= 11 is 0. The number of hydrogen-bond acceptors (Lipinski definition) is 5. The molecule has 108 valence electrons. The van der Waals surface area contributed by atoms with Gasteiger partial charge in [-0.05, 0) is 20.8 Å². The van der Waals surface area contributed by atoms with Crippen LogP contribution < -0.4 is 5.32 Å². The van der Waals surface area contributed by atoms with Crippen LogP contribution in [0, 0.1) is 20.8 Å². The summed E-state index contributed by atoms with van der Waals surface area (Å²) in [5.74, 6) is 3.96. The molecule has 0 aliphatic rings. The number of aromatic nitrogens is 5. The van der Waals surface area contributed by atoms with Gasteiger partial charge in [0, 0.05) is 18.0 Å². The van der Waals surface area contributed by atoms with Gasteiger partial charge >= 0.3 is 0 Å². The maximum Gasteiger partial charge on any atom is 0.164 e. The highest BCUT2D eigenvalue weighted by atomic mass is 15.4. The molecule has 0 bridgehead atoms. The van der Waals surface area contributed by atoms with Gasteiger partial charge in [-0.2, -0.15) is 4.68 Å². The second-order valence-corrected chi connectivity index (χ2v) is 5.96. The Morgan fingerprint density at radius 2 is 1.65 bits per heavy atom. The van der Waals surface area contributed by atoms with E-state index in [1.54, 1.807) is 4.68 Å². The lowest BCUT2D eigenvalue weighted by Gasteiger charge is -2.20. The van der Waals surface area contributed by atoms with E-state index in [1.165, 1.54) is 0 Å². The van der Waals surface area contributed by atoms with Crippen molar-refractivity contribution in [1.29, 1.82) is 0 Å². The van der Waals surface area contributed by atoms with E-state index in [0.29, 0.717) is 0 Å². The Hall–Kier alpha value is -1.98. The monoisotopic (exact) mass is 274 g/mol. The van der Waals surface area contributed by atoms with Gasteiger partial charge in [-0.15, -0.1) is 5.10 Å². The molecule has 20 heavy (non-hydrogen) atoms. The fourth-order valence-electron chi connectivity index (χ4n) is 2.01. The van der Waals surface area contributed by atoms with Crippen molar-refractivity contribution in [2.75, 3.05) is 12.4 Å². The van der Waals surface area contributed by atoms with Crippen LogP contribution in [0.4, 0.5) is 5.82 Å². The first-order valence-corrected chi connectivity index (χ1v) is 6.71. The maximum absolute atomic E-state index is 4.71. The van der Waals surface area contributed by atoms with E-state index in [-0.39, 0.29) is 5.41 Å². The van der Waals surface area contributed by atoms with E-state index in [4.69, 9.17) is 4.98 Å². The van der Waals surface area contributed by atoms with Gasteiger partial charge in [-0.3, -0.25) is 0 Å². The van der Waals surface area contributed by atoms with Gasteiger partial charge in [0.25, 0.3) is 0 Å². The number of hydrogen-bond donors (Lipinski definition) is 1. The largest absolute Gasteiger partial charge is 0.373 e. The van der Waals surface area contributed by atoms with E-state index >= 15 is 0 Å². The lowest BCUT2D eigenvalue weighted by atomic mass is 9.95. The van der Waals surface area contributed by atoms with E-state index in [0.717, 1.165) is 34.7 Å². The van der Waals surface area contributed by atoms with Crippen LogP contribution in [0.2, 0.25) is 0 Å². The normalized spacial score (nSPS) is 11.8. The van der Waals surface area contributed by atoms with Crippen molar-refractivity contribution in [3.8, 4) is 5.82 Å². The van der Waals surface area contributed by atoms with Crippen LogP contribution in [0.15, 0.2) is 0 Å². The second-order valence-electron chi connectivity index (χ2n) is 5.96. The van der Waals surface area contributed by atoms with Gasteiger partial charge in [0.15, 0.2) is 5.82 Å². The van der Waals surface area contributed by atoms with E-state index in [1.807, 2.05) is 27.8 Å². The summed E-state index contributed by atoms with van der Waals surface area (Å²) in [7, 11) is 1.87. The van der Waals surface area contributed by atoms with Crippen molar-refractivity contribution in [3.63, 3.8) is 0 Å². The highest BCUT2D eigenvalue weighted by Gasteiger charge is 2.22. The topological polar surface area (TPSA) is 68.5 Å². The third kappa shape index (κ3) is 2.50. The minimum Gasteiger partial charge on any atom is -0.373 e. The first kappa shape index (κ1) is 14.4. The van der Waals surface area contributed by atoms with E-state index in [2.05, 4.69) is 41.2 Å². The predicted octanol–water partition coefficient (Wildman–Crippen LogP) is 2.32. The third-order valence-corrected chi connectivity index (χ3v) is 3.10. The summed E-state index contributed by atoms with van der Waals surface area (Å²) in [5, 5.41) is 7.56. The Morgan fingerprint density at radius 1 is 1.00 bits per heavy atom. The van der Waals surface area contributed by atoms with Crippen LogP contribution in [0.25, 0.3) is 5.82 Å². The fourth-order valence-corrected chi connectivity index (χ4v) is 2.01. The molecule has 6 heteroatoms. The molecule has 0 radical (unpaired) electrons. The number of rotatable bonds is 2. The number of aryl methyl sites for hydroxylation is 2. The standard InChI is InChI=1S/C14H22N6/c1-8-11(15-7)17-13(14(4,5)6)18-12(8)20-10(3)16-9(2)19-20/h1-7H3,(H,15,17,18). The quantitative estimate of drug-likeness (QED) is 0.910. The third-order valence-electron chi connectivity index (χ3n) is 3.10. The summed E-state index contributed by atoms with van der Waals surface area (Å²) in [6.07, 6.45) is 0. The molecule has 0 amide bonds. The Labute approximate surface area is 119 Å². The predicted molar refractivity (Wildman–Crippen MR) is 79.4 cm³/mol. The Kier molecular flexibility index (Phi) is 3.50. The van der Waals surface area contributed by atoms with Gasteiger partial charge in [-0.1, -0.05) is 20.8 Å². The molecule has 0 aromatic carbocycles. The number of anilines is 1. The summed E-state index contributed by atoms with van der Waals surface area (Å²) in [4.78, 5) is 13.7. The van der Waals surface area contributed by atoms with Crippen molar-refractivity contribution >= 4 is 5.82 Å². The van der Waals surface area contributed by atoms with Crippen LogP contribution in [-0.2, 0) is 5.41 Å². The van der Waals surface area contributed by atoms with Crippen molar-refractivity contribution in [1.82, 2.24) is 24.7 Å². The van der Waals surface area contributed by atoms with Crippen LogP contribution in [0.3, 0.4) is 0 Å². The van der Waals surface area contributed by atoms with E-state index < -0.39 is 0 Å². The molecule has 2 aromatic heterocycles. The molecular weight excluding hydrogens is 252 g/mol. The van der Waals surface area contributed by atoms with Crippen molar-refractivity contribution in [3.05, 3.63) is 23.0 Å². The zero-order valence-corrected chi connectivity index (χ0v) is 13.2. The maximum atomic E-state index is 4.71. The van der Waals surface area contributed by atoms with Crippen LogP contribution in [0.5, 0.6) is 0 Å². The molecule has 0 unspecified atom stereocenters. The molecule has 0 saturated heterocycles. The Balaban J connectivity index is 2.72. The molecule has 1 N–H and O–H groups in total. The molecule has 6 nitrogen and oxygen atoms in total. The van der Waals surface area contributed by atoms with Crippen molar-refractivity contribution < 1.29 is 0 Å². The fraction of sp³-hybridized carbons (Fsp3) is 0.571. The SMILES string of the molecule is CNc1nc(C(C)(C)C)nc(-n2nc(C)nc2C)c1C. The molecule has 0 aliphatic carbocycles. The molecule has 0 atom stereocenters. The zero-order valence-electron chi connectivity index (χ0n) is 13.2. The summed E-state index contributed by atoms with van der Waals surface area (Å²) in [5.41, 5.74) is 0.839. The van der Waals surface area contributed by atoms with Gasteiger partial charge in [0.2, 0.25) is 0 Å². The number of nitrogens with zero attached hydrogens (tertiary/aromatic N) is 5. The van der Waals surface area contributed by atoms with Gasteiger partial charge in [0.05, 0.1) is 0 Å². The van der Waals surface area contributed by atoms with Gasteiger partial charge in [0.1, 0.15) is 23.3 Å². The lowest BCUT2D eigenvalue weighted by molar-refractivity contribution is 0.541. The first-order valence-electron chi connectivity index (χ1n) is 6.71. The Bertz CT molecular complexity index is 636. The van der Waals surface area contributed by atoms with Crippen molar-refractivity contribution in [2.45, 2.75) is 47.0 Å². The smallest absolute Gasteiger partial charge is 0.164 e. The average molecular weight is 274 g/mol. The minimum atomic E-state index is -0.127. The zero-order chi connectivity index (χ0) is 15.1. The minimum absolute atomic E-state index is 0.127. The van der Waals surface area contributed by atoms with Gasteiger partial charge < -0.3 is 5.32 Å². The number of nitrogens with one attached hydrogen (secondary N) is 1. The average Bonchev–Trinajstić information content (AvgIpc) is 2.67. The summed E-state index contributed by atoms with van der Waals surface area (Å²) in [6.45, 7) is 12.1. The highest BCUT2D eigenvalue weighted by Crippen LogP contribution is 2.25. The highest BCUT2D eigenvalue weighted by molar-refractivity contribution is 5.51. The molecular formula is C14H22N6. The summed E-state index contributed by atoms with van der Waals surface area (Å²) < 4.78 is 1.78. The van der Waals surface area contributed by atoms with Crippen LogP contribution >= 0.6 is 0 Å². The molecule has 2 heterocycles. The molecule has 0 saturated carbocycles. The van der Waals surface area contributed by atoms with Gasteiger partial charge in [-0.25, -0.2) is 15.0 Å². The lowest BCUT2D eigenvalue weighted by Crippen LogP contribution is -2.20. The summed E-state index contributed by atoms with van der Waals surface area (Å²) in [6, 6.07) is 0. The first-order chi connectivity index (χ1) is 9.24. The molecule has 0 aliphatic heterocycles. The van der Waals surface area contributed by atoms with E-state index in [9.17, 15) is 0 Å². The molecule has 2 rings (SSSR count).